The van der Waals surface area contributed by atoms with E-state index in [1.165, 1.54) is 0 Å². The fourth-order valence-corrected chi connectivity index (χ4v) is 1.47. The third kappa shape index (κ3) is 5.26. The lowest BCUT2D eigenvalue weighted by molar-refractivity contribution is -0.0116. The van der Waals surface area contributed by atoms with Crippen LogP contribution >= 0.6 is 12.2 Å². The first-order chi connectivity index (χ1) is 8.13. The Bertz CT molecular complexity index is 351. The minimum atomic E-state index is 0.102. The van der Waals surface area contributed by atoms with Gasteiger partial charge in [0.2, 0.25) is 0 Å². The Balaban J connectivity index is 2.39. The van der Waals surface area contributed by atoms with Crippen LogP contribution in [-0.4, -0.2) is 24.3 Å². The van der Waals surface area contributed by atoms with Crippen molar-refractivity contribution in [3.63, 3.8) is 0 Å². The number of hydrogen-bond acceptors (Lipinski definition) is 3. The van der Waals surface area contributed by atoms with Gasteiger partial charge in [0.15, 0.2) is 0 Å². The van der Waals surface area contributed by atoms with Crippen LogP contribution in [0.2, 0.25) is 0 Å². The van der Waals surface area contributed by atoms with E-state index in [1.54, 1.807) is 0 Å². The summed E-state index contributed by atoms with van der Waals surface area (Å²) in [4.78, 5) is 0.419. The van der Waals surface area contributed by atoms with Gasteiger partial charge in [0.05, 0.1) is 19.3 Å². The molecule has 17 heavy (non-hydrogen) atoms. The van der Waals surface area contributed by atoms with Crippen molar-refractivity contribution in [2.24, 2.45) is 5.73 Å². The van der Waals surface area contributed by atoms with E-state index in [2.05, 4.69) is 0 Å². The highest BCUT2D eigenvalue weighted by Crippen LogP contribution is 2.07. The minimum absolute atomic E-state index is 0.102. The van der Waals surface area contributed by atoms with Crippen LogP contribution in [0.3, 0.4) is 0 Å². The van der Waals surface area contributed by atoms with Gasteiger partial charge in [-0.25, -0.2) is 0 Å². The molecule has 0 aromatic heterocycles. The molecule has 4 heteroatoms. The molecular formula is C13H19NO2S. The number of hydrogen-bond donors (Lipinski definition) is 1. The van der Waals surface area contributed by atoms with Crippen LogP contribution in [0, 0.1) is 0 Å². The molecule has 3 nitrogen and oxygen atoms in total. The first-order valence-corrected chi connectivity index (χ1v) is 6.12. The summed E-state index contributed by atoms with van der Waals surface area (Å²) in [5.74, 6) is 0. The highest BCUT2D eigenvalue weighted by atomic mass is 32.1. The van der Waals surface area contributed by atoms with Crippen molar-refractivity contribution in [3.8, 4) is 0 Å². The van der Waals surface area contributed by atoms with Gasteiger partial charge in [-0.05, 0) is 19.4 Å². The first-order valence-electron chi connectivity index (χ1n) is 5.71. The van der Waals surface area contributed by atoms with Crippen molar-refractivity contribution in [3.05, 3.63) is 35.4 Å². The molecule has 2 N–H and O–H groups in total. The fourth-order valence-electron chi connectivity index (χ4n) is 1.34. The Labute approximate surface area is 108 Å². The first kappa shape index (κ1) is 14.1. The maximum absolute atomic E-state index is 5.64. The highest BCUT2D eigenvalue weighted by Gasteiger charge is 2.03. The average Bonchev–Trinajstić information content (AvgIpc) is 2.34. The van der Waals surface area contributed by atoms with Gasteiger partial charge in [0.1, 0.15) is 4.99 Å². The Hall–Kier alpha value is -0.970. The summed E-state index contributed by atoms with van der Waals surface area (Å²) in [7, 11) is 0. The molecular weight excluding hydrogens is 234 g/mol. The molecule has 0 fully saturated rings. The third-order valence-corrected chi connectivity index (χ3v) is 2.57. The third-order valence-electron chi connectivity index (χ3n) is 2.33. The van der Waals surface area contributed by atoms with Gasteiger partial charge in [-0.15, -0.1) is 0 Å². The van der Waals surface area contributed by atoms with E-state index in [1.807, 2.05) is 38.1 Å². The summed E-state index contributed by atoms with van der Waals surface area (Å²) in [6, 6.07) is 7.77. The quantitative estimate of drug-likeness (QED) is 0.757. The van der Waals surface area contributed by atoms with Crippen LogP contribution in [0.1, 0.15) is 25.0 Å². The second-order valence-corrected chi connectivity index (χ2v) is 4.28. The minimum Gasteiger partial charge on any atom is -0.389 e. The fraction of sp³-hybridized carbons (Fsp3) is 0.462. The van der Waals surface area contributed by atoms with Crippen LogP contribution < -0.4 is 5.73 Å². The van der Waals surface area contributed by atoms with E-state index in [0.717, 1.165) is 17.7 Å². The van der Waals surface area contributed by atoms with E-state index in [9.17, 15) is 0 Å². The van der Waals surface area contributed by atoms with Gasteiger partial charge in [-0.1, -0.05) is 36.5 Å². The number of thiocarbonyl (C=S) groups is 1. The summed E-state index contributed by atoms with van der Waals surface area (Å²) in [6.45, 7) is 5.89. The summed E-state index contributed by atoms with van der Waals surface area (Å²) in [6.07, 6.45) is 0.102. The zero-order valence-electron chi connectivity index (χ0n) is 10.3. The lowest BCUT2D eigenvalue weighted by atomic mass is 10.1. The van der Waals surface area contributed by atoms with Gasteiger partial charge in [-0.3, -0.25) is 0 Å². The molecule has 0 aliphatic rings. The SMILES string of the molecule is CCOCC(C)OCc1ccc(C(N)=S)cc1. The van der Waals surface area contributed by atoms with Crippen molar-refractivity contribution < 1.29 is 9.47 Å². The molecule has 0 bridgehead atoms. The van der Waals surface area contributed by atoms with Crippen LogP contribution in [0.15, 0.2) is 24.3 Å². The van der Waals surface area contributed by atoms with E-state index in [0.29, 0.717) is 18.2 Å². The zero-order chi connectivity index (χ0) is 12.7. The van der Waals surface area contributed by atoms with Crippen LogP contribution in [0.4, 0.5) is 0 Å². The van der Waals surface area contributed by atoms with Crippen LogP contribution in [0.25, 0.3) is 0 Å². The molecule has 1 aromatic carbocycles. The molecule has 0 radical (unpaired) electrons. The molecule has 1 unspecified atom stereocenters. The Morgan fingerprint density at radius 3 is 2.53 bits per heavy atom. The molecule has 0 aliphatic carbocycles. The maximum Gasteiger partial charge on any atom is 0.103 e. The average molecular weight is 253 g/mol. The molecule has 0 saturated heterocycles. The largest absolute Gasteiger partial charge is 0.389 e. The van der Waals surface area contributed by atoms with Crippen molar-refractivity contribution >= 4 is 17.2 Å². The van der Waals surface area contributed by atoms with Crippen molar-refractivity contribution in [2.45, 2.75) is 26.6 Å². The lowest BCUT2D eigenvalue weighted by Gasteiger charge is -2.13. The van der Waals surface area contributed by atoms with E-state index in [4.69, 9.17) is 27.4 Å². The van der Waals surface area contributed by atoms with Crippen molar-refractivity contribution in [2.75, 3.05) is 13.2 Å². The predicted octanol–water partition coefficient (Wildman–Crippen LogP) is 2.26. The summed E-state index contributed by atoms with van der Waals surface area (Å²) in [5, 5.41) is 0. The van der Waals surface area contributed by atoms with Gasteiger partial charge in [-0.2, -0.15) is 0 Å². The number of benzene rings is 1. The topological polar surface area (TPSA) is 44.5 Å². The monoisotopic (exact) mass is 253 g/mol. The molecule has 0 spiro atoms. The molecule has 0 saturated carbocycles. The summed E-state index contributed by atoms with van der Waals surface area (Å²) >= 11 is 4.89. The van der Waals surface area contributed by atoms with Crippen molar-refractivity contribution in [1.82, 2.24) is 0 Å². The second kappa shape index (κ2) is 7.37. The van der Waals surface area contributed by atoms with Gasteiger partial charge in [0.25, 0.3) is 0 Å². The number of nitrogens with two attached hydrogens (primary N) is 1. The summed E-state index contributed by atoms with van der Waals surface area (Å²) < 4.78 is 10.9. The van der Waals surface area contributed by atoms with Gasteiger partial charge < -0.3 is 15.2 Å². The van der Waals surface area contributed by atoms with Gasteiger partial charge in [0, 0.05) is 12.2 Å². The smallest absolute Gasteiger partial charge is 0.103 e. The molecule has 1 aromatic rings. The molecule has 1 rings (SSSR count). The Kier molecular flexibility index (Phi) is 6.11. The molecule has 1 atom stereocenters. The molecule has 0 amide bonds. The van der Waals surface area contributed by atoms with E-state index in [-0.39, 0.29) is 6.10 Å². The molecule has 94 valence electrons. The zero-order valence-corrected chi connectivity index (χ0v) is 11.1. The highest BCUT2D eigenvalue weighted by molar-refractivity contribution is 7.80. The Morgan fingerprint density at radius 1 is 1.35 bits per heavy atom. The second-order valence-electron chi connectivity index (χ2n) is 3.84. The lowest BCUT2D eigenvalue weighted by Crippen LogP contribution is -2.15. The standard InChI is InChI=1S/C13H19NO2S/c1-3-15-8-10(2)16-9-11-4-6-12(7-5-11)13(14)17/h4-7,10H,3,8-9H2,1-2H3,(H2,14,17). The predicted molar refractivity (Wildman–Crippen MR) is 73.1 cm³/mol. The normalized spacial score (nSPS) is 12.4. The van der Waals surface area contributed by atoms with E-state index < -0.39 is 0 Å². The summed E-state index contributed by atoms with van der Waals surface area (Å²) in [5.41, 5.74) is 7.51. The van der Waals surface area contributed by atoms with Crippen LogP contribution in [0.5, 0.6) is 0 Å². The number of rotatable bonds is 7. The van der Waals surface area contributed by atoms with Crippen LogP contribution in [-0.2, 0) is 16.1 Å². The maximum atomic E-state index is 5.64. The molecule has 0 heterocycles. The Morgan fingerprint density at radius 2 is 2.00 bits per heavy atom. The van der Waals surface area contributed by atoms with Gasteiger partial charge >= 0.3 is 0 Å². The van der Waals surface area contributed by atoms with Crippen molar-refractivity contribution in [1.29, 1.82) is 0 Å². The van der Waals surface area contributed by atoms with E-state index >= 15 is 0 Å². The molecule has 0 aliphatic heterocycles. The number of ether oxygens (including phenoxy) is 2.